The van der Waals surface area contributed by atoms with Gasteiger partial charge in [0.25, 0.3) is 0 Å². The Labute approximate surface area is 102 Å². The third-order valence-corrected chi connectivity index (χ3v) is 4.13. The van der Waals surface area contributed by atoms with Crippen LogP contribution >= 0.6 is 11.3 Å². The molecule has 17 heavy (non-hydrogen) atoms. The van der Waals surface area contributed by atoms with Gasteiger partial charge in [0.2, 0.25) is 0 Å². The maximum absolute atomic E-state index is 10.9. The first-order valence-electron chi connectivity index (χ1n) is 5.38. The van der Waals surface area contributed by atoms with Crippen LogP contribution in [0.5, 0.6) is 0 Å². The summed E-state index contributed by atoms with van der Waals surface area (Å²) in [6.45, 7) is 2.61. The summed E-state index contributed by atoms with van der Waals surface area (Å²) in [4.78, 5) is 12.9. The molecule has 1 aliphatic heterocycles. The van der Waals surface area contributed by atoms with Gasteiger partial charge in [-0.05, 0) is 13.3 Å². The second-order valence-electron chi connectivity index (χ2n) is 4.16. The number of rotatable bonds is 3. The summed E-state index contributed by atoms with van der Waals surface area (Å²) in [5.74, 6) is 0. The predicted molar refractivity (Wildman–Crippen MR) is 64.4 cm³/mol. The molecule has 0 aliphatic carbocycles. The molecule has 2 unspecified atom stereocenters. The van der Waals surface area contributed by atoms with Crippen molar-refractivity contribution in [3.05, 3.63) is 21.1 Å². The van der Waals surface area contributed by atoms with E-state index in [1.165, 1.54) is 17.4 Å². The fraction of sp³-hybridized carbons (Fsp3) is 0.600. The molecule has 6 nitrogen and oxygen atoms in total. The molecule has 1 aliphatic rings. The van der Waals surface area contributed by atoms with Gasteiger partial charge < -0.3 is 15.1 Å². The molecule has 0 radical (unpaired) electrons. The van der Waals surface area contributed by atoms with Crippen LogP contribution in [0.25, 0.3) is 0 Å². The van der Waals surface area contributed by atoms with E-state index >= 15 is 0 Å². The molecule has 1 aromatic rings. The summed E-state index contributed by atoms with van der Waals surface area (Å²) in [5.41, 5.74) is 0.0139. The molecule has 2 N–H and O–H groups in total. The number of β-amino-alcohol motifs (C(OH)–C–C–N with tert-alkyl or cyclic N) is 1. The van der Waals surface area contributed by atoms with Crippen LogP contribution < -0.4 is 4.90 Å². The Hall–Kier alpha value is -1.18. The van der Waals surface area contributed by atoms with Crippen LogP contribution in [0.15, 0.2) is 6.07 Å². The van der Waals surface area contributed by atoms with E-state index in [4.69, 9.17) is 0 Å². The van der Waals surface area contributed by atoms with Crippen molar-refractivity contribution in [1.82, 2.24) is 0 Å². The molecule has 0 aromatic carbocycles. The highest BCUT2D eigenvalue weighted by Gasteiger charge is 2.29. The normalized spacial score (nSPS) is 21.8. The molecule has 2 rings (SSSR count). The second-order valence-corrected chi connectivity index (χ2v) is 5.22. The first-order valence-corrected chi connectivity index (χ1v) is 6.20. The number of nitro groups is 1. The van der Waals surface area contributed by atoms with Crippen molar-refractivity contribution in [1.29, 1.82) is 0 Å². The van der Waals surface area contributed by atoms with Gasteiger partial charge in [0, 0.05) is 24.0 Å². The van der Waals surface area contributed by atoms with Crippen molar-refractivity contribution in [3.63, 3.8) is 0 Å². The lowest BCUT2D eigenvalue weighted by Gasteiger charge is -2.14. The summed E-state index contributed by atoms with van der Waals surface area (Å²) >= 11 is 1.22. The zero-order valence-electron chi connectivity index (χ0n) is 9.37. The monoisotopic (exact) mass is 258 g/mol. The highest BCUT2D eigenvalue weighted by atomic mass is 32.1. The van der Waals surface area contributed by atoms with E-state index in [0.717, 1.165) is 0 Å². The third kappa shape index (κ3) is 2.41. The van der Waals surface area contributed by atoms with Gasteiger partial charge >= 0.3 is 5.69 Å². The van der Waals surface area contributed by atoms with Gasteiger partial charge in [0.1, 0.15) is 0 Å². The quantitative estimate of drug-likeness (QED) is 0.630. The van der Waals surface area contributed by atoms with Crippen molar-refractivity contribution < 1.29 is 15.1 Å². The molecule has 0 spiro atoms. The van der Waals surface area contributed by atoms with Crippen LogP contribution in [0.2, 0.25) is 0 Å². The number of hydrogen-bond acceptors (Lipinski definition) is 6. The molecule has 0 bridgehead atoms. The first-order chi connectivity index (χ1) is 7.99. The van der Waals surface area contributed by atoms with Crippen molar-refractivity contribution in [2.45, 2.75) is 25.6 Å². The van der Waals surface area contributed by atoms with Gasteiger partial charge in [-0.2, -0.15) is 0 Å². The maximum Gasteiger partial charge on any atom is 0.304 e. The highest BCUT2D eigenvalue weighted by Crippen LogP contribution is 2.41. The Balaban J connectivity index is 2.34. The van der Waals surface area contributed by atoms with Crippen LogP contribution in [0.4, 0.5) is 10.7 Å². The van der Waals surface area contributed by atoms with E-state index < -0.39 is 17.1 Å². The molecule has 7 heteroatoms. The summed E-state index contributed by atoms with van der Waals surface area (Å²) in [6, 6.07) is 1.41. The fourth-order valence-corrected chi connectivity index (χ4v) is 2.98. The molecule has 1 fully saturated rings. The van der Waals surface area contributed by atoms with Crippen molar-refractivity contribution >= 4 is 22.0 Å². The van der Waals surface area contributed by atoms with Crippen LogP contribution in [0, 0.1) is 10.1 Å². The third-order valence-electron chi connectivity index (χ3n) is 2.77. The summed E-state index contributed by atoms with van der Waals surface area (Å²) < 4.78 is 0. The van der Waals surface area contributed by atoms with E-state index in [2.05, 4.69) is 0 Å². The van der Waals surface area contributed by atoms with Crippen molar-refractivity contribution in [2.75, 3.05) is 18.0 Å². The minimum absolute atomic E-state index is 0.0139. The van der Waals surface area contributed by atoms with Crippen molar-refractivity contribution in [3.8, 4) is 0 Å². The molecule has 0 amide bonds. The van der Waals surface area contributed by atoms with E-state index in [1.54, 1.807) is 11.8 Å². The highest BCUT2D eigenvalue weighted by molar-refractivity contribution is 7.16. The zero-order chi connectivity index (χ0) is 12.6. The van der Waals surface area contributed by atoms with Gasteiger partial charge in [0.15, 0.2) is 5.00 Å². The Kier molecular flexibility index (Phi) is 3.32. The number of thiophene rings is 1. The molecule has 0 saturated carbocycles. The number of aliphatic hydroxyl groups is 2. The summed E-state index contributed by atoms with van der Waals surface area (Å²) in [5, 5.41) is 30.4. The van der Waals surface area contributed by atoms with E-state index in [1.807, 2.05) is 0 Å². The largest absolute Gasteiger partial charge is 0.391 e. The Morgan fingerprint density at radius 3 is 2.88 bits per heavy atom. The van der Waals surface area contributed by atoms with E-state index in [9.17, 15) is 20.3 Å². The van der Waals surface area contributed by atoms with Crippen molar-refractivity contribution in [2.24, 2.45) is 0 Å². The minimum Gasteiger partial charge on any atom is -0.391 e. The van der Waals surface area contributed by atoms with Crippen LogP contribution in [0.1, 0.15) is 24.3 Å². The molecular formula is C10H14N2O4S. The molecule has 2 atom stereocenters. The molecule has 1 aromatic heterocycles. The molecule has 94 valence electrons. The predicted octanol–water partition coefficient (Wildman–Crippen LogP) is 1.28. The number of nitrogens with zero attached hydrogens (tertiary/aromatic N) is 2. The maximum atomic E-state index is 10.9. The van der Waals surface area contributed by atoms with Crippen LogP contribution in [-0.2, 0) is 0 Å². The zero-order valence-corrected chi connectivity index (χ0v) is 10.2. The second kappa shape index (κ2) is 4.59. The number of hydrogen-bond donors (Lipinski definition) is 2. The lowest BCUT2D eigenvalue weighted by Crippen LogP contribution is -2.20. The standard InChI is InChI=1S/C10H14N2O4S/c1-6(13)9-4-8(12(15)16)10(17-9)11-3-2-7(14)5-11/h4,6-7,13-14H,2-3,5H2,1H3. The Morgan fingerprint density at radius 2 is 2.41 bits per heavy atom. The SMILES string of the molecule is CC(O)c1cc([N+](=O)[O-])c(N2CCC(O)C2)s1. The smallest absolute Gasteiger partial charge is 0.304 e. The topological polar surface area (TPSA) is 86.8 Å². The van der Waals surface area contributed by atoms with Crippen LogP contribution in [0.3, 0.4) is 0 Å². The average Bonchev–Trinajstić information content (AvgIpc) is 2.82. The van der Waals surface area contributed by atoms with Gasteiger partial charge in [-0.3, -0.25) is 10.1 Å². The first kappa shape index (κ1) is 12.3. The fourth-order valence-electron chi connectivity index (χ4n) is 1.88. The molecular weight excluding hydrogens is 244 g/mol. The van der Waals surface area contributed by atoms with Gasteiger partial charge in [-0.25, -0.2) is 0 Å². The van der Waals surface area contributed by atoms with Crippen LogP contribution in [-0.4, -0.2) is 34.3 Å². The lowest BCUT2D eigenvalue weighted by atomic mass is 10.3. The Morgan fingerprint density at radius 1 is 1.71 bits per heavy atom. The summed E-state index contributed by atoms with van der Waals surface area (Å²) in [7, 11) is 0. The summed E-state index contributed by atoms with van der Waals surface area (Å²) in [6.07, 6.45) is -0.509. The average molecular weight is 258 g/mol. The molecule has 1 saturated heterocycles. The van der Waals surface area contributed by atoms with Gasteiger partial charge in [-0.1, -0.05) is 0 Å². The number of aliphatic hydroxyl groups excluding tert-OH is 2. The van der Waals surface area contributed by atoms with E-state index in [-0.39, 0.29) is 5.69 Å². The van der Waals surface area contributed by atoms with Gasteiger partial charge in [0.05, 0.1) is 17.1 Å². The Bertz CT molecular complexity index is 432. The molecule has 2 heterocycles. The van der Waals surface area contributed by atoms with Gasteiger partial charge in [-0.15, -0.1) is 11.3 Å². The number of anilines is 1. The van der Waals surface area contributed by atoms with E-state index in [0.29, 0.717) is 29.4 Å². The minimum atomic E-state index is -0.708. The lowest BCUT2D eigenvalue weighted by molar-refractivity contribution is -0.383.